The summed E-state index contributed by atoms with van der Waals surface area (Å²) in [6.07, 6.45) is 0. The van der Waals surface area contributed by atoms with E-state index in [4.69, 9.17) is 11.6 Å². The maximum absolute atomic E-state index is 12.0. The van der Waals surface area contributed by atoms with Gasteiger partial charge in [-0.3, -0.25) is 24.3 Å². The Hall–Kier alpha value is -2.67. The molecular formula is C14H12ClN3O4. The van der Waals surface area contributed by atoms with Crippen molar-refractivity contribution in [3.63, 3.8) is 0 Å². The van der Waals surface area contributed by atoms with E-state index in [1.54, 1.807) is 24.3 Å². The number of carbonyl (C=O) groups excluding carboxylic acids is 1. The zero-order chi connectivity index (χ0) is 16.3. The third-order valence-electron chi connectivity index (χ3n) is 3.05. The van der Waals surface area contributed by atoms with Crippen LogP contribution in [0.4, 0.5) is 11.4 Å². The van der Waals surface area contributed by atoms with Gasteiger partial charge in [-0.2, -0.15) is 0 Å². The average Bonchev–Trinajstić information content (AvgIpc) is 2.45. The predicted octanol–water partition coefficient (Wildman–Crippen LogP) is 2.36. The summed E-state index contributed by atoms with van der Waals surface area (Å²) in [6.45, 7) is 1.12. The fraction of sp³-hybridized carbons (Fsp3) is 0.143. The number of halogens is 1. The number of amides is 1. The highest BCUT2D eigenvalue weighted by atomic mass is 35.5. The quantitative estimate of drug-likeness (QED) is 0.690. The summed E-state index contributed by atoms with van der Waals surface area (Å²) in [5.41, 5.74) is -0.0393. The van der Waals surface area contributed by atoms with Gasteiger partial charge >= 0.3 is 0 Å². The third-order valence-corrected chi connectivity index (χ3v) is 3.30. The van der Waals surface area contributed by atoms with E-state index >= 15 is 0 Å². The average molecular weight is 322 g/mol. The fourth-order valence-electron chi connectivity index (χ4n) is 1.93. The Kier molecular flexibility index (Phi) is 4.57. The second-order valence-electron chi connectivity index (χ2n) is 4.54. The first-order chi connectivity index (χ1) is 10.4. The molecule has 0 atom stereocenters. The lowest BCUT2D eigenvalue weighted by atomic mass is 10.3. The molecule has 114 valence electrons. The maximum atomic E-state index is 12.0. The summed E-state index contributed by atoms with van der Waals surface area (Å²) in [7, 11) is 0. The van der Waals surface area contributed by atoms with Crippen LogP contribution in [0.1, 0.15) is 5.69 Å². The summed E-state index contributed by atoms with van der Waals surface area (Å²) in [4.78, 5) is 34.0. The van der Waals surface area contributed by atoms with E-state index in [9.17, 15) is 19.7 Å². The summed E-state index contributed by atoms with van der Waals surface area (Å²) in [5.74, 6) is -0.465. The van der Waals surface area contributed by atoms with Crippen LogP contribution in [0.25, 0.3) is 0 Å². The van der Waals surface area contributed by atoms with Gasteiger partial charge in [0.1, 0.15) is 6.54 Å². The molecule has 0 saturated carbocycles. The number of carbonyl (C=O) groups is 1. The van der Waals surface area contributed by atoms with Crippen molar-refractivity contribution in [2.24, 2.45) is 0 Å². The zero-order valence-electron chi connectivity index (χ0n) is 11.6. The van der Waals surface area contributed by atoms with Crippen molar-refractivity contribution >= 4 is 28.9 Å². The molecule has 0 spiro atoms. The van der Waals surface area contributed by atoms with E-state index < -0.39 is 16.4 Å². The van der Waals surface area contributed by atoms with E-state index in [1.165, 1.54) is 6.92 Å². The lowest BCUT2D eigenvalue weighted by Crippen LogP contribution is -2.29. The molecule has 1 amide bonds. The van der Waals surface area contributed by atoms with Crippen LogP contribution in [-0.4, -0.2) is 15.4 Å². The van der Waals surface area contributed by atoms with E-state index in [0.29, 0.717) is 10.7 Å². The molecule has 0 aliphatic rings. The molecule has 0 aliphatic carbocycles. The largest absolute Gasteiger partial charge is 0.325 e. The molecule has 0 unspecified atom stereocenters. The van der Waals surface area contributed by atoms with Crippen LogP contribution < -0.4 is 10.9 Å². The Balaban J connectivity index is 2.21. The monoisotopic (exact) mass is 321 g/mol. The van der Waals surface area contributed by atoms with E-state index in [-0.39, 0.29) is 17.9 Å². The van der Waals surface area contributed by atoms with Crippen molar-refractivity contribution in [3.8, 4) is 0 Å². The van der Waals surface area contributed by atoms with Gasteiger partial charge in [0.15, 0.2) is 0 Å². The zero-order valence-corrected chi connectivity index (χ0v) is 12.3. The van der Waals surface area contributed by atoms with Crippen LogP contribution >= 0.6 is 11.6 Å². The molecule has 1 aromatic carbocycles. The van der Waals surface area contributed by atoms with Crippen molar-refractivity contribution in [3.05, 3.63) is 67.6 Å². The number of nitro groups is 1. The normalized spacial score (nSPS) is 10.3. The Morgan fingerprint density at radius 3 is 2.50 bits per heavy atom. The van der Waals surface area contributed by atoms with Crippen molar-refractivity contribution < 1.29 is 9.72 Å². The molecule has 1 N–H and O–H groups in total. The van der Waals surface area contributed by atoms with Crippen molar-refractivity contribution in [1.82, 2.24) is 4.57 Å². The van der Waals surface area contributed by atoms with Gasteiger partial charge in [-0.25, -0.2) is 0 Å². The van der Waals surface area contributed by atoms with Crippen molar-refractivity contribution in [2.45, 2.75) is 13.5 Å². The Morgan fingerprint density at radius 1 is 1.27 bits per heavy atom. The molecule has 1 aromatic heterocycles. The van der Waals surface area contributed by atoms with Gasteiger partial charge in [0.25, 0.3) is 11.2 Å². The summed E-state index contributed by atoms with van der Waals surface area (Å²) >= 11 is 5.74. The number of pyridine rings is 1. The number of aromatic nitrogens is 1. The minimum Gasteiger partial charge on any atom is -0.325 e. The standard InChI is InChI=1S/C14H12ClN3O4/c1-9-12(18(21)22)6-7-14(20)17(9)8-13(19)16-11-4-2-10(15)3-5-11/h2-7H,8H2,1H3,(H,16,19). The van der Waals surface area contributed by atoms with Crippen LogP contribution in [0.2, 0.25) is 5.02 Å². The molecule has 1 heterocycles. The van der Waals surface area contributed by atoms with E-state index in [2.05, 4.69) is 5.32 Å². The second-order valence-corrected chi connectivity index (χ2v) is 4.98. The van der Waals surface area contributed by atoms with Crippen LogP contribution in [-0.2, 0) is 11.3 Å². The first-order valence-corrected chi connectivity index (χ1v) is 6.66. The Labute approximate surface area is 130 Å². The smallest absolute Gasteiger partial charge is 0.288 e. The van der Waals surface area contributed by atoms with Gasteiger partial charge in [0.2, 0.25) is 5.91 Å². The molecule has 0 fully saturated rings. The van der Waals surface area contributed by atoms with Gasteiger partial charge in [0.05, 0.1) is 10.6 Å². The van der Waals surface area contributed by atoms with Crippen molar-refractivity contribution in [2.75, 3.05) is 5.32 Å². The minimum absolute atomic E-state index is 0.128. The molecule has 0 bridgehead atoms. The van der Waals surface area contributed by atoms with Crippen LogP contribution in [0.3, 0.4) is 0 Å². The molecule has 8 heteroatoms. The minimum atomic E-state index is -0.595. The number of nitrogens with one attached hydrogen (secondary N) is 1. The molecule has 7 nitrogen and oxygen atoms in total. The predicted molar refractivity (Wildman–Crippen MR) is 82.2 cm³/mol. The number of hydrogen-bond acceptors (Lipinski definition) is 4. The highest BCUT2D eigenvalue weighted by Gasteiger charge is 2.16. The van der Waals surface area contributed by atoms with Crippen LogP contribution in [0.15, 0.2) is 41.2 Å². The maximum Gasteiger partial charge on any atom is 0.288 e. The van der Waals surface area contributed by atoms with Gasteiger partial charge < -0.3 is 5.32 Å². The van der Waals surface area contributed by atoms with Gasteiger partial charge in [-0.1, -0.05) is 11.6 Å². The topological polar surface area (TPSA) is 94.2 Å². The lowest BCUT2D eigenvalue weighted by molar-refractivity contribution is -0.386. The number of nitrogens with zero attached hydrogens (tertiary/aromatic N) is 2. The molecule has 0 radical (unpaired) electrons. The Morgan fingerprint density at radius 2 is 1.91 bits per heavy atom. The Bertz CT molecular complexity index is 784. The highest BCUT2D eigenvalue weighted by Crippen LogP contribution is 2.15. The van der Waals surface area contributed by atoms with Crippen molar-refractivity contribution in [1.29, 1.82) is 0 Å². The summed E-state index contributed by atoms with van der Waals surface area (Å²) in [5, 5.41) is 14.0. The molecule has 22 heavy (non-hydrogen) atoms. The number of benzene rings is 1. The molecule has 0 aliphatic heterocycles. The number of hydrogen-bond donors (Lipinski definition) is 1. The summed E-state index contributed by atoms with van der Waals surface area (Å²) in [6, 6.07) is 8.66. The third kappa shape index (κ3) is 3.50. The number of rotatable bonds is 4. The van der Waals surface area contributed by atoms with Crippen LogP contribution in [0.5, 0.6) is 0 Å². The fourth-order valence-corrected chi connectivity index (χ4v) is 2.06. The lowest BCUT2D eigenvalue weighted by Gasteiger charge is -2.10. The second kappa shape index (κ2) is 6.40. The van der Waals surface area contributed by atoms with Gasteiger partial charge in [0, 0.05) is 22.8 Å². The molecular weight excluding hydrogens is 310 g/mol. The van der Waals surface area contributed by atoms with E-state index in [1.807, 2.05) is 0 Å². The highest BCUT2D eigenvalue weighted by molar-refractivity contribution is 6.30. The SMILES string of the molecule is Cc1c([N+](=O)[O-])ccc(=O)n1CC(=O)Nc1ccc(Cl)cc1. The van der Waals surface area contributed by atoms with E-state index in [0.717, 1.165) is 16.7 Å². The van der Waals surface area contributed by atoms with Gasteiger partial charge in [-0.15, -0.1) is 0 Å². The van der Waals surface area contributed by atoms with Crippen LogP contribution in [0, 0.1) is 17.0 Å². The molecule has 2 aromatic rings. The summed E-state index contributed by atoms with van der Waals surface area (Å²) < 4.78 is 1.06. The van der Waals surface area contributed by atoms with Gasteiger partial charge in [-0.05, 0) is 31.2 Å². The number of anilines is 1. The molecule has 0 saturated heterocycles. The molecule has 2 rings (SSSR count). The first kappa shape index (κ1) is 15.7. The first-order valence-electron chi connectivity index (χ1n) is 6.29.